The minimum atomic E-state index is -1.07. The summed E-state index contributed by atoms with van der Waals surface area (Å²) >= 11 is 0. The Morgan fingerprint density at radius 1 is 1.14 bits per heavy atom. The van der Waals surface area contributed by atoms with Crippen molar-refractivity contribution in [2.24, 2.45) is 0 Å². The number of para-hydroxylation sites is 1. The number of fused-ring (bicyclic) bond motifs is 1. The summed E-state index contributed by atoms with van der Waals surface area (Å²) in [5.74, 6) is -0.976. The van der Waals surface area contributed by atoms with Gasteiger partial charge >= 0.3 is 12.0 Å². The topological polar surface area (TPSA) is 106 Å². The van der Waals surface area contributed by atoms with Gasteiger partial charge in [-0.25, -0.2) is 4.79 Å². The van der Waals surface area contributed by atoms with E-state index in [0.717, 1.165) is 18.4 Å². The fourth-order valence-electron chi connectivity index (χ4n) is 3.42. The summed E-state index contributed by atoms with van der Waals surface area (Å²) in [4.78, 5) is 41.9. The van der Waals surface area contributed by atoms with Gasteiger partial charge in [-0.15, -0.1) is 0 Å². The number of carbonyl (C=O) groups excluding carboxylic acids is 2. The van der Waals surface area contributed by atoms with Crippen molar-refractivity contribution < 1.29 is 19.5 Å². The third kappa shape index (κ3) is 4.62. The molecule has 1 atom stereocenters. The lowest BCUT2D eigenvalue weighted by molar-refractivity contribution is -0.138. The number of rotatable bonds is 6. The second-order valence-electron chi connectivity index (χ2n) is 7.09. The number of carboxylic acids is 1. The Morgan fingerprint density at radius 2 is 1.82 bits per heavy atom. The number of H-pyrrole nitrogens is 1. The zero-order valence-electron chi connectivity index (χ0n) is 16.0. The van der Waals surface area contributed by atoms with Crippen molar-refractivity contribution in [3.63, 3.8) is 0 Å². The molecule has 3 N–H and O–H groups in total. The number of aliphatic carboxylic acids is 1. The Morgan fingerprint density at radius 3 is 2.54 bits per heavy atom. The van der Waals surface area contributed by atoms with E-state index in [2.05, 4.69) is 16.4 Å². The van der Waals surface area contributed by atoms with Crippen LogP contribution in [0.15, 0.2) is 30.5 Å². The number of aryl methyl sites for hydroxylation is 1. The summed E-state index contributed by atoms with van der Waals surface area (Å²) < 4.78 is 0. The third-order valence-corrected chi connectivity index (χ3v) is 5.14. The van der Waals surface area contributed by atoms with Crippen molar-refractivity contribution in [1.82, 2.24) is 20.1 Å². The monoisotopic (exact) mass is 386 g/mol. The standard InChI is InChI=1S/C20H26N4O4/c1-14(19(26)27)22-20(28)24-11-9-23(10-12-24)18(25)8-4-5-15-13-21-17-7-3-2-6-16(15)17/h2-3,6-7,13-14,21H,4-5,8-12H2,1H3,(H,22,28)(H,26,27). The first-order chi connectivity index (χ1) is 13.5. The van der Waals surface area contributed by atoms with Crippen LogP contribution in [0, 0.1) is 0 Å². The predicted molar refractivity (Wildman–Crippen MR) is 105 cm³/mol. The molecule has 1 aromatic carbocycles. The van der Waals surface area contributed by atoms with Crippen LogP contribution in [0.3, 0.4) is 0 Å². The number of carboxylic acid groups (broad SMARTS) is 1. The molecule has 0 aliphatic carbocycles. The smallest absolute Gasteiger partial charge is 0.325 e. The van der Waals surface area contributed by atoms with Gasteiger partial charge in [0.15, 0.2) is 0 Å². The van der Waals surface area contributed by atoms with Gasteiger partial charge in [-0.3, -0.25) is 9.59 Å². The van der Waals surface area contributed by atoms with Crippen LogP contribution in [0.5, 0.6) is 0 Å². The van der Waals surface area contributed by atoms with Gasteiger partial charge in [0.25, 0.3) is 0 Å². The van der Waals surface area contributed by atoms with Crippen molar-refractivity contribution in [2.45, 2.75) is 32.2 Å². The van der Waals surface area contributed by atoms with Crippen molar-refractivity contribution in [1.29, 1.82) is 0 Å². The Balaban J connectivity index is 1.41. The predicted octanol–water partition coefficient (Wildman–Crippen LogP) is 1.82. The van der Waals surface area contributed by atoms with Crippen molar-refractivity contribution in [2.75, 3.05) is 26.2 Å². The Bertz CT molecular complexity index is 855. The Hall–Kier alpha value is -3.03. The maximum Gasteiger partial charge on any atom is 0.325 e. The van der Waals surface area contributed by atoms with Crippen LogP contribution in [0.2, 0.25) is 0 Å². The summed E-state index contributed by atoms with van der Waals surface area (Å²) in [5, 5.41) is 12.5. The molecule has 28 heavy (non-hydrogen) atoms. The molecule has 0 bridgehead atoms. The highest BCUT2D eigenvalue weighted by atomic mass is 16.4. The van der Waals surface area contributed by atoms with Crippen molar-refractivity contribution in [3.8, 4) is 0 Å². The van der Waals surface area contributed by atoms with Crippen LogP contribution in [0.25, 0.3) is 10.9 Å². The van der Waals surface area contributed by atoms with Crippen LogP contribution in [-0.2, 0) is 16.0 Å². The van der Waals surface area contributed by atoms with E-state index in [1.165, 1.54) is 17.9 Å². The molecule has 2 aromatic rings. The van der Waals surface area contributed by atoms with E-state index in [4.69, 9.17) is 5.11 Å². The molecule has 1 aliphatic rings. The Kier molecular flexibility index (Phi) is 6.18. The normalized spacial score (nSPS) is 15.5. The van der Waals surface area contributed by atoms with Gasteiger partial charge in [0.1, 0.15) is 6.04 Å². The van der Waals surface area contributed by atoms with Gasteiger partial charge in [-0.05, 0) is 31.4 Å². The Labute approximate surface area is 163 Å². The minimum Gasteiger partial charge on any atom is -0.480 e. The lowest BCUT2D eigenvalue weighted by Crippen LogP contribution is -2.55. The van der Waals surface area contributed by atoms with Crippen LogP contribution in [-0.4, -0.2) is 70.0 Å². The first-order valence-corrected chi connectivity index (χ1v) is 9.56. The first kappa shape index (κ1) is 19.7. The average molecular weight is 386 g/mol. The van der Waals surface area contributed by atoms with E-state index in [1.807, 2.05) is 24.4 Å². The molecule has 8 nitrogen and oxygen atoms in total. The molecule has 1 unspecified atom stereocenters. The minimum absolute atomic E-state index is 0.0961. The molecule has 1 fully saturated rings. The van der Waals surface area contributed by atoms with E-state index < -0.39 is 18.0 Å². The number of aromatic amines is 1. The molecule has 0 saturated carbocycles. The molecule has 2 heterocycles. The number of aromatic nitrogens is 1. The number of piperazine rings is 1. The SMILES string of the molecule is CC(NC(=O)N1CCN(C(=O)CCCc2c[nH]c3ccccc23)CC1)C(=O)O. The number of urea groups is 1. The molecule has 1 aromatic heterocycles. The fraction of sp³-hybridized carbons (Fsp3) is 0.450. The maximum atomic E-state index is 12.5. The fourth-order valence-corrected chi connectivity index (χ4v) is 3.42. The summed E-state index contributed by atoms with van der Waals surface area (Å²) in [7, 11) is 0. The number of amides is 3. The molecule has 1 aliphatic heterocycles. The van der Waals surface area contributed by atoms with Crippen molar-refractivity contribution >= 4 is 28.8 Å². The summed E-state index contributed by atoms with van der Waals surface area (Å²) in [5.41, 5.74) is 2.33. The molecule has 3 amide bonds. The molecule has 8 heteroatoms. The molecule has 1 saturated heterocycles. The van der Waals surface area contributed by atoms with Crippen LogP contribution >= 0.6 is 0 Å². The van der Waals surface area contributed by atoms with E-state index in [1.54, 1.807) is 9.80 Å². The first-order valence-electron chi connectivity index (χ1n) is 9.56. The molecule has 0 spiro atoms. The molecular formula is C20H26N4O4. The highest BCUT2D eigenvalue weighted by molar-refractivity contribution is 5.84. The molecular weight excluding hydrogens is 360 g/mol. The number of nitrogens with zero attached hydrogens (tertiary/aromatic N) is 2. The summed E-state index contributed by atoms with van der Waals surface area (Å²) in [6, 6.07) is 6.79. The van der Waals surface area contributed by atoms with E-state index in [0.29, 0.717) is 32.6 Å². The van der Waals surface area contributed by atoms with Gasteiger partial charge < -0.3 is 25.2 Å². The zero-order valence-corrected chi connectivity index (χ0v) is 16.0. The van der Waals surface area contributed by atoms with Crippen LogP contribution < -0.4 is 5.32 Å². The van der Waals surface area contributed by atoms with Gasteiger partial charge in [-0.2, -0.15) is 0 Å². The lowest BCUT2D eigenvalue weighted by atomic mass is 10.1. The van der Waals surface area contributed by atoms with Crippen LogP contribution in [0.1, 0.15) is 25.3 Å². The van der Waals surface area contributed by atoms with Crippen LogP contribution in [0.4, 0.5) is 4.79 Å². The van der Waals surface area contributed by atoms with Gasteiger partial charge in [0.05, 0.1) is 0 Å². The average Bonchev–Trinajstić information content (AvgIpc) is 3.11. The molecule has 3 rings (SSSR count). The second kappa shape index (κ2) is 8.77. The lowest BCUT2D eigenvalue weighted by Gasteiger charge is -2.35. The van der Waals surface area contributed by atoms with E-state index >= 15 is 0 Å². The third-order valence-electron chi connectivity index (χ3n) is 5.14. The second-order valence-corrected chi connectivity index (χ2v) is 7.09. The number of carbonyl (C=O) groups is 3. The number of benzene rings is 1. The van der Waals surface area contributed by atoms with E-state index in [-0.39, 0.29) is 5.91 Å². The quantitative estimate of drug-likeness (QED) is 0.704. The highest BCUT2D eigenvalue weighted by Crippen LogP contribution is 2.19. The summed E-state index contributed by atoms with van der Waals surface area (Å²) in [6.45, 7) is 3.19. The number of hydrogen-bond acceptors (Lipinski definition) is 3. The summed E-state index contributed by atoms with van der Waals surface area (Å²) in [6.07, 6.45) is 4.09. The van der Waals surface area contributed by atoms with Gasteiger partial charge in [0, 0.05) is 49.7 Å². The van der Waals surface area contributed by atoms with Gasteiger partial charge in [-0.1, -0.05) is 18.2 Å². The highest BCUT2D eigenvalue weighted by Gasteiger charge is 2.25. The largest absolute Gasteiger partial charge is 0.480 e. The molecule has 0 radical (unpaired) electrons. The maximum absolute atomic E-state index is 12.5. The van der Waals surface area contributed by atoms with E-state index in [9.17, 15) is 14.4 Å². The number of nitrogens with one attached hydrogen (secondary N) is 2. The molecule has 150 valence electrons. The van der Waals surface area contributed by atoms with Crippen molar-refractivity contribution in [3.05, 3.63) is 36.0 Å². The number of hydrogen-bond donors (Lipinski definition) is 3. The zero-order chi connectivity index (χ0) is 20.1. The van der Waals surface area contributed by atoms with Gasteiger partial charge in [0.2, 0.25) is 5.91 Å².